The summed E-state index contributed by atoms with van der Waals surface area (Å²) in [6, 6.07) is 8.49. The van der Waals surface area contributed by atoms with Crippen LogP contribution in [0.3, 0.4) is 0 Å². The van der Waals surface area contributed by atoms with Gasteiger partial charge in [0.25, 0.3) is 5.91 Å². The first-order valence-corrected chi connectivity index (χ1v) is 6.24. The molecule has 0 saturated carbocycles. The van der Waals surface area contributed by atoms with E-state index in [9.17, 15) is 9.59 Å². The third kappa shape index (κ3) is 3.56. The summed E-state index contributed by atoms with van der Waals surface area (Å²) < 4.78 is 0. The molecule has 0 aliphatic heterocycles. The highest BCUT2D eigenvalue weighted by Crippen LogP contribution is 2.15. The Labute approximate surface area is 122 Å². The number of nitrogens with one attached hydrogen (secondary N) is 1. The Hall–Kier alpha value is -2.89. The maximum absolute atomic E-state index is 12.2. The number of anilines is 2. The fraction of sp³-hybridized carbons (Fsp3) is 0.133. The lowest BCUT2D eigenvalue weighted by molar-refractivity contribution is 0.0696. The van der Waals surface area contributed by atoms with E-state index in [-0.39, 0.29) is 11.5 Å². The lowest BCUT2D eigenvalue weighted by Gasteiger charge is -2.13. The Bertz CT molecular complexity index is 683. The summed E-state index contributed by atoms with van der Waals surface area (Å²) in [4.78, 5) is 28.7. The van der Waals surface area contributed by atoms with Gasteiger partial charge >= 0.3 is 5.97 Å². The molecule has 1 amide bonds. The molecule has 6 heteroatoms. The molecule has 0 atom stereocenters. The largest absolute Gasteiger partial charge is 0.478 e. The summed E-state index contributed by atoms with van der Waals surface area (Å²) in [6.45, 7) is 0. The third-order valence-corrected chi connectivity index (χ3v) is 2.87. The number of pyridine rings is 1. The van der Waals surface area contributed by atoms with Crippen molar-refractivity contribution in [3.8, 4) is 0 Å². The monoisotopic (exact) mass is 285 g/mol. The molecule has 0 unspecified atom stereocenters. The average molecular weight is 285 g/mol. The Morgan fingerprint density at radius 2 is 1.90 bits per heavy atom. The molecule has 2 N–H and O–H groups in total. The molecule has 0 saturated heterocycles. The normalized spacial score (nSPS) is 10.0. The lowest BCUT2D eigenvalue weighted by atomic mass is 10.1. The summed E-state index contributed by atoms with van der Waals surface area (Å²) in [5.41, 5.74) is 1.76. The minimum Gasteiger partial charge on any atom is -0.478 e. The first-order valence-electron chi connectivity index (χ1n) is 6.24. The van der Waals surface area contributed by atoms with Gasteiger partial charge in [-0.1, -0.05) is 6.07 Å². The molecule has 2 aromatic rings. The molecule has 0 aliphatic rings. The Morgan fingerprint density at radius 1 is 1.14 bits per heavy atom. The molecule has 0 aliphatic carbocycles. The second-order valence-electron chi connectivity index (χ2n) is 4.67. The van der Waals surface area contributed by atoms with Crippen LogP contribution in [0.4, 0.5) is 11.4 Å². The van der Waals surface area contributed by atoms with Crippen LogP contribution in [0, 0.1) is 0 Å². The Morgan fingerprint density at radius 3 is 2.57 bits per heavy atom. The molecule has 1 aromatic heterocycles. The van der Waals surface area contributed by atoms with E-state index in [2.05, 4.69) is 10.3 Å². The van der Waals surface area contributed by atoms with E-state index in [0.29, 0.717) is 11.3 Å². The Kier molecular flexibility index (Phi) is 4.18. The van der Waals surface area contributed by atoms with Crippen LogP contribution in [0.2, 0.25) is 0 Å². The van der Waals surface area contributed by atoms with Crippen LogP contribution in [-0.2, 0) is 0 Å². The van der Waals surface area contributed by atoms with E-state index in [4.69, 9.17) is 5.11 Å². The average Bonchev–Trinajstić information content (AvgIpc) is 2.47. The zero-order valence-corrected chi connectivity index (χ0v) is 11.7. The van der Waals surface area contributed by atoms with E-state index < -0.39 is 5.97 Å². The summed E-state index contributed by atoms with van der Waals surface area (Å²) in [7, 11) is 3.77. The predicted octanol–water partition coefficient (Wildman–Crippen LogP) is 2.10. The fourth-order valence-electron chi connectivity index (χ4n) is 1.75. The molecule has 0 spiro atoms. The molecule has 1 heterocycles. The van der Waals surface area contributed by atoms with E-state index in [1.807, 2.05) is 25.1 Å². The maximum Gasteiger partial charge on any atom is 0.337 e. The van der Waals surface area contributed by atoms with Gasteiger partial charge < -0.3 is 15.3 Å². The van der Waals surface area contributed by atoms with Crippen molar-refractivity contribution in [1.29, 1.82) is 0 Å². The van der Waals surface area contributed by atoms with Crippen molar-refractivity contribution in [3.63, 3.8) is 0 Å². The van der Waals surface area contributed by atoms with Crippen LogP contribution in [0.15, 0.2) is 42.7 Å². The number of carbonyl (C=O) groups excluding carboxylic acids is 1. The van der Waals surface area contributed by atoms with Gasteiger partial charge in [-0.3, -0.25) is 9.78 Å². The molecule has 0 fully saturated rings. The molecule has 2 rings (SSSR count). The first-order chi connectivity index (χ1) is 9.97. The van der Waals surface area contributed by atoms with Crippen LogP contribution in [-0.4, -0.2) is 36.1 Å². The number of carboxylic acid groups (broad SMARTS) is 1. The number of carboxylic acids is 1. The van der Waals surface area contributed by atoms with E-state index in [1.165, 1.54) is 18.5 Å². The highest BCUT2D eigenvalue weighted by molar-refractivity contribution is 6.05. The van der Waals surface area contributed by atoms with Gasteiger partial charge in [0, 0.05) is 31.5 Å². The number of aromatic carboxylic acids is 1. The van der Waals surface area contributed by atoms with Crippen molar-refractivity contribution in [1.82, 2.24) is 4.98 Å². The first kappa shape index (κ1) is 14.5. The number of aromatic nitrogens is 1. The summed E-state index contributed by atoms with van der Waals surface area (Å²) in [5.74, 6) is -1.41. The number of hydrogen-bond donors (Lipinski definition) is 2. The third-order valence-electron chi connectivity index (χ3n) is 2.87. The summed E-state index contributed by atoms with van der Waals surface area (Å²) in [5, 5.41) is 11.5. The number of rotatable bonds is 4. The highest BCUT2D eigenvalue weighted by atomic mass is 16.4. The van der Waals surface area contributed by atoms with Gasteiger partial charge in [0.2, 0.25) is 0 Å². The molecule has 1 aromatic carbocycles. The number of carbonyl (C=O) groups is 2. The van der Waals surface area contributed by atoms with Crippen LogP contribution in [0.25, 0.3) is 0 Å². The van der Waals surface area contributed by atoms with Crippen molar-refractivity contribution < 1.29 is 14.7 Å². The van der Waals surface area contributed by atoms with Crippen LogP contribution in [0.5, 0.6) is 0 Å². The van der Waals surface area contributed by atoms with Gasteiger partial charge in [0.1, 0.15) is 0 Å². The minimum absolute atomic E-state index is 0.0230. The van der Waals surface area contributed by atoms with Gasteiger partial charge in [0.05, 0.1) is 17.4 Å². The molecular weight excluding hydrogens is 270 g/mol. The maximum atomic E-state index is 12.2. The molecule has 0 bridgehead atoms. The SMILES string of the molecule is CN(C)c1cccc(C(=O)Nc2cncc(C(=O)O)c2)c1. The number of benzene rings is 1. The standard InChI is InChI=1S/C15H15N3O3/c1-18(2)13-5-3-4-10(7-13)14(19)17-12-6-11(15(20)21)8-16-9-12/h3-9H,1-2H3,(H,17,19)(H,20,21). The molecule has 6 nitrogen and oxygen atoms in total. The van der Waals surface area contributed by atoms with Crippen molar-refractivity contribution in [2.45, 2.75) is 0 Å². The van der Waals surface area contributed by atoms with E-state index in [0.717, 1.165) is 5.69 Å². The van der Waals surface area contributed by atoms with Crippen molar-refractivity contribution in [2.24, 2.45) is 0 Å². The van der Waals surface area contributed by atoms with Crippen LogP contribution in [0.1, 0.15) is 20.7 Å². The van der Waals surface area contributed by atoms with Crippen molar-refractivity contribution in [3.05, 3.63) is 53.9 Å². The van der Waals surface area contributed by atoms with Gasteiger partial charge in [-0.15, -0.1) is 0 Å². The number of hydrogen-bond acceptors (Lipinski definition) is 4. The smallest absolute Gasteiger partial charge is 0.337 e. The van der Waals surface area contributed by atoms with Gasteiger partial charge in [0.15, 0.2) is 0 Å². The zero-order valence-electron chi connectivity index (χ0n) is 11.7. The second-order valence-corrected chi connectivity index (χ2v) is 4.67. The molecule has 21 heavy (non-hydrogen) atoms. The summed E-state index contributed by atoms with van der Waals surface area (Å²) >= 11 is 0. The fourth-order valence-corrected chi connectivity index (χ4v) is 1.75. The Balaban J connectivity index is 2.20. The zero-order chi connectivity index (χ0) is 15.4. The van der Waals surface area contributed by atoms with Crippen molar-refractivity contribution in [2.75, 3.05) is 24.3 Å². The van der Waals surface area contributed by atoms with Gasteiger partial charge in [-0.05, 0) is 24.3 Å². The second kappa shape index (κ2) is 6.04. The predicted molar refractivity (Wildman–Crippen MR) is 79.9 cm³/mol. The highest BCUT2D eigenvalue weighted by Gasteiger charge is 2.10. The van der Waals surface area contributed by atoms with Crippen LogP contribution < -0.4 is 10.2 Å². The van der Waals surface area contributed by atoms with Gasteiger partial charge in [-0.2, -0.15) is 0 Å². The van der Waals surface area contributed by atoms with Gasteiger partial charge in [-0.25, -0.2) is 4.79 Å². The molecule has 108 valence electrons. The quantitative estimate of drug-likeness (QED) is 0.899. The molecular formula is C15H15N3O3. The van der Waals surface area contributed by atoms with Crippen LogP contribution >= 0.6 is 0 Å². The molecule has 0 radical (unpaired) electrons. The topological polar surface area (TPSA) is 82.5 Å². The number of nitrogens with zero attached hydrogens (tertiary/aromatic N) is 2. The summed E-state index contributed by atoms with van der Waals surface area (Å²) in [6.07, 6.45) is 2.63. The van der Waals surface area contributed by atoms with E-state index >= 15 is 0 Å². The van der Waals surface area contributed by atoms with Crippen molar-refractivity contribution >= 4 is 23.3 Å². The lowest BCUT2D eigenvalue weighted by Crippen LogP contribution is -2.14. The number of amides is 1. The van der Waals surface area contributed by atoms with E-state index in [1.54, 1.807) is 18.2 Å². The minimum atomic E-state index is -1.09.